The predicted octanol–water partition coefficient (Wildman–Crippen LogP) is 4.16. The second kappa shape index (κ2) is 11.6. The van der Waals surface area contributed by atoms with Gasteiger partial charge in [-0.1, -0.05) is 78.8 Å². The van der Waals surface area contributed by atoms with E-state index in [-0.39, 0.29) is 5.92 Å². The lowest BCUT2D eigenvalue weighted by atomic mass is 9.76. The first-order chi connectivity index (χ1) is 16.2. The molecule has 3 amide bonds. The van der Waals surface area contributed by atoms with Crippen molar-refractivity contribution in [1.29, 1.82) is 0 Å². The van der Waals surface area contributed by atoms with Gasteiger partial charge < -0.3 is 20.1 Å². The zero-order valence-corrected chi connectivity index (χ0v) is 24.2. The number of benzene rings is 1. The molecule has 0 bridgehead atoms. The molecule has 8 nitrogen and oxygen atoms in total. The van der Waals surface area contributed by atoms with E-state index in [0.29, 0.717) is 0 Å². The number of carbonyl (C=O) groups excluding carboxylic acids is 3. The highest BCUT2D eigenvalue weighted by Crippen LogP contribution is 2.32. The van der Waals surface area contributed by atoms with Crippen molar-refractivity contribution in [3.8, 4) is 0 Å². The fourth-order valence-electron chi connectivity index (χ4n) is 4.10. The van der Waals surface area contributed by atoms with Crippen LogP contribution in [0, 0.1) is 11.3 Å². The number of rotatable bonds is 8. The summed E-state index contributed by atoms with van der Waals surface area (Å²) in [5.41, 5.74) is -1.38. The summed E-state index contributed by atoms with van der Waals surface area (Å²) in [5, 5.41) is 13.4. The topological polar surface area (TPSA) is 99.2 Å². The minimum absolute atomic E-state index is 0.182. The Balaban J connectivity index is 3.50. The number of carbonyl (C=O) groups is 3. The van der Waals surface area contributed by atoms with Crippen LogP contribution in [-0.4, -0.2) is 70.8 Å². The maximum atomic E-state index is 14.0. The maximum Gasteiger partial charge on any atom is 0.410 e. The first kappa shape index (κ1) is 31.4. The van der Waals surface area contributed by atoms with Gasteiger partial charge in [0.25, 0.3) is 0 Å². The van der Waals surface area contributed by atoms with Crippen LogP contribution in [0.15, 0.2) is 30.3 Å². The van der Waals surface area contributed by atoms with Gasteiger partial charge in [-0.3, -0.25) is 14.5 Å². The number of aliphatic hydroxyl groups is 1. The third-order valence-electron chi connectivity index (χ3n) is 6.26. The summed E-state index contributed by atoms with van der Waals surface area (Å²) >= 11 is 0. The molecule has 0 aliphatic carbocycles. The molecule has 0 aromatic heterocycles. The van der Waals surface area contributed by atoms with Crippen molar-refractivity contribution in [2.24, 2.45) is 11.3 Å². The molecule has 0 radical (unpaired) electrons. The van der Waals surface area contributed by atoms with Crippen molar-refractivity contribution < 1.29 is 24.2 Å². The van der Waals surface area contributed by atoms with Crippen molar-refractivity contribution in [2.75, 3.05) is 14.1 Å². The molecule has 0 heterocycles. The zero-order chi connectivity index (χ0) is 28.2. The summed E-state index contributed by atoms with van der Waals surface area (Å²) in [6.07, 6.45) is -1.64. The van der Waals surface area contributed by atoms with Gasteiger partial charge in [-0.25, -0.2) is 4.79 Å². The lowest BCUT2D eigenvalue weighted by Crippen LogP contribution is -2.63. The third kappa shape index (κ3) is 7.95. The molecule has 0 saturated carbocycles. The molecule has 1 aromatic carbocycles. The Kier molecular flexibility index (Phi) is 10.1. The Labute approximate surface area is 217 Å². The van der Waals surface area contributed by atoms with Crippen LogP contribution in [0.3, 0.4) is 0 Å². The van der Waals surface area contributed by atoms with Gasteiger partial charge >= 0.3 is 6.09 Å². The molecule has 3 atom stereocenters. The Hall–Kier alpha value is -2.61. The molecule has 36 heavy (non-hydrogen) atoms. The summed E-state index contributed by atoms with van der Waals surface area (Å²) in [6.45, 7) is 18.2. The zero-order valence-electron chi connectivity index (χ0n) is 24.2. The molecule has 0 spiro atoms. The minimum atomic E-state index is -1.000. The summed E-state index contributed by atoms with van der Waals surface area (Å²) < 4.78 is 5.58. The highest BCUT2D eigenvalue weighted by molar-refractivity contribution is 5.92. The van der Waals surface area contributed by atoms with Gasteiger partial charge in [-0.2, -0.15) is 0 Å². The molecule has 0 fully saturated rings. The fourth-order valence-corrected chi connectivity index (χ4v) is 4.10. The largest absolute Gasteiger partial charge is 0.444 e. The van der Waals surface area contributed by atoms with Gasteiger partial charge in [-0.15, -0.1) is 0 Å². The molecule has 0 saturated heterocycles. The number of hydrogen-bond donors (Lipinski definition) is 2. The van der Waals surface area contributed by atoms with E-state index in [4.69, 9.17) is 4.74 Å². The number of amides is 3. The highest BCUT2D eigenvalue weighted by atomic mass is 16.6. The first-order valence-electron chi connectivity index (χ1n) is 12.5. The summed E-state index contributed by atoms with van der Waals surface area (Å²) in [7, 11) is 3.06. The molecule has 1 aromatic rings. The van der Waals surface area contributed by atoms with E-state index >= 15 is 0 Å². The second-order valence-corrected chi connectivity index (χ2v) is 12.5. The van der Waals surface area contributed by atoms with Crippen LogP contribution >= 0.6 is 0 Å². The molecular weight excluding hydrogens is 458 g/mol. The van der Waals surface area contributed by atoms with Crippen LogP contribution in [0.1, 0.15) is 74.8 Å². The Morgan fingerprint density at radius 3 is 1.81 bits per heavy atom. The molecule has 8 heteroatoms. The highest BCUT2D eigenvalue weighted by Gasteiger charge is 2.45. The summed E-state index contributed by atoms with van der Waals surface area (Å²) in [4.78, 5) is 43.1. The Morgan fingerprint density at radius 2 is 1.39 bits per heavy atom. The van der Waals surface area contributed by atoms with E-state index in [1.807, 2.05) is 78.8 Å². The second-order valence-electron chi connectivity index (χ2n) is 12.5. The van der Waals surface area contributed by atoms with E-state index in [1.165, 1.54) is 23.9 Å². The standard InChI is InChI=1S/C28H47N3O5/c1-18(2)23(33)31(12)24(34)20(26(3,4)5)29-22(32)21(30(11)25(35)36-27(6,7)8)28(9,10)19-16-14-13-15-17-19/h13-18,20-21,23,33H,1-12H3,(H,29,32)/t20-,21-,23-/m1/s1. The first-order valence-corrected chi connectivity index (χ1v) is 12.5. The van der Waals surface area contributed by atoms with E-state index in [1.54, 1.807) is 20.8 Å². The molecule has 0 unspecified atom stereocenters. The maximum absolute atomic E-state index is 14.0. The lowest BCUT2D eigenvalue weighted by Gasteiger charge is -2.42. The van der Waals surface area contributed by atoms with Gasteiger partial charge in [-0.05, 0) is 37.7 Å². The molecule has 0 aliphatic rings. The van der Waals surface area contributed by atoms with Gasteiger partial charge in [0, 0.05) is 19.5 Å². The van der Waals surface area contributed by atoms with Gasteiger partial charge in [0.05, 0.1) is 0 Å². The smallest absolute Gasteiger partial charge is 0.410 e. The molecule has 1 rings (SSSR count). The average Bonchev–Trinajstić information content (AvgIpc) is 2.74. The van der Waals surface area contributed by atoms with Crippen LogP contribution in [0.4, 0.5) is 4.79 Å². The quantitative estimate of drug-likeness (QED) is 0.517. The SMILES string of the molecule is CC(C)[C@@H](O)N(C)C(=O)[C@@H](NC(=O)[C@@H](N(C)C(=O)OC(C)(C)C)C(C)(C)c1ccccc1)C(C)(C)C. The number of ether oxygens (including phenoxy) is 1. The van der Waals surface area contributed by atoms with Crippen molar-refractivity contribution in [3.63, 3.8) is 0 Å². The lowest BCUT2D eigenvalue weighted by molar-refractivity contribution is -0.149. The van der Waals surface area contributed by atoms with Crippen molar-refractivity contribution in [3.05, 3.63) is 35.9 Å². The molecule has 0 aliphatic heterocycles. The average molecular weight is 506 g/mol. The van der Waals surface area contributed by atoms with Gasteiger partial charge in [0.1, 0.15) is 23.9 Å². The van der Waals surface area contributed by atoms with Crippen LogP contribution in [0.2, 0.25) is 0 Å². The van der Waals surface area contributed by atoms with Crippen LogP contribution < -0.4 is 5.32 Å². The molecular formula is C28H47N3O5. The summed E-state index contributed by atoms with van der Waals surface area (Å²) in [6, 6.07) is 7.52. The van der Waals surface area contributed by atoms with Crippen LogP contribution in [0.25, 0.3) is 0 Å². The molecule has 2 N–H and O–H groups in total. The van der Waals surface area contributed by atoms with Crippen LogP contribution in [0.5, 0.6) is 0 Å². The van der Waals surface area contributed by atoms with Crippen LogP contribution in [-0.2, 0) is 19.7 Å². The number of nitrogens with one attached hydrogen (secondary N) is 1. The van der Waals surface area contributed by atoms with E-state index in [9.17, 15) is 19.5 Å². The monoisotopic (exact) mass is 505 g/mol. The summed E-state index contributed by atoms with van der Waals surface area (Å²) in [5.74, 6) is -1.08. The Morgan fingerprint density at radius 1 is 0.889 bits per heavy atom. The minimum Gasteiger partial charge on any atom is -0.444 e. The third-order valence-corrected chi connectivity index (χ3v) is 6.26. The number of likely N-dealkylation sites (N-methyl/N-ethyl adjacent to an activating group) is 2. The molecule has 204 valence electrons. The van der Waals surface area contributed by atoms with E-state index in [2.05, 4.69) is 5.32 Å². The van der Waals surface area contributed by atoms with E-state index in [0.717, 1.165) is 5.56 Å². The Bertz CT molecular complexity index is 900. The van der Waals surface area contributed by atoms with Crippen molar-refractivity contribution in [2.45, 2.75) is 98.6 Å². The van der Waals surface area contributed by atoms with Crippen molar-refractivity contribution >= 4 is 17.9 Å². The van der Waals surface area contributed by atoms with E-state index < -0.39 is 52.7 Å². The number of nitrogens with zero attached hydrogens (tertiary/aromatic N) is 2. The predicted molar refractivity (Wildman–Crippen MR) is 142 cm³/mol. The fraction of sp³-hybridized carbons (Fsp3) is 0.679. The van der Waals surface area contributed by atoms with Crippen molar-refractivity contribution in [1.82, 2.24) is 15.1 Å². The van der Waals surface area contributed by atoms with Gasteiger partial charge in [0.2, 0.25) is 11.8 Å². The normalized spacial score (nSPS) is 15.1. The number of aliphatic hydroxyl groups excluding tert-OH is 1. The van der Waals surface area contributed by atoms with Gasteiger partial charge in [0.15, 0.2) is 0 Å². The number of hydrogen-bond acceptors (Lipinski definition) is 5.